The van der Waals surface area contributed by atoms with Crippen LogP contribution in [-0.2, 0) is 12.0 Å². The smallest absolute Gasteiger partial charge is 0.0208 e. The van der Waals surface area contributed by atoms with E-state index in [2.05, 4.69) is 51.2 Å². The number of hydrogen-bond donors (Lipinski definition) is 2. The minimum atomic E-state index is 0.216. The van der Waals surface area contributed by atoms with E-state index in [9.17, 15) is 0 Å². The summed E-state index contributed by atoms with van der Waals surface area (Å²) >= 11 is 0. The molecule has 0 aliphatic rings. The Labute approximate surface area is 112 Å². The van der Waals surface area contributed by atoms with E-state index in [4.69, 9.17) is 5.73 Å². The molecule has 0 fully saturated rings. The first-order valence-electron chi connectivity index (χ1n) is 6.87. The Morgan fingerprint density at radius 3 is 2.50 bits per heavy atom. The largest absolute Gasteiger partial charge is 0.328 e. The van der Waals surface area contributed by atoms with Crippen LogP contribution in [0.2, 0.25) is 0 Å². The van der Waals surface area contributed by atoms with Crippen LogP contribution in [0, 0.1) is 6.92 Å². The van der Waals surface area contributed by atoms with Crippen molar-refractivity contribution >= 4 is 0 Å². The third kappa shape index (κ3) is 4.79. The Kier molecular flexibility index (Phi) is 5.36. The van der Waals surface area contributed by atoms with E-state index in [1.54, 1.807) is 0 Å². The number of nitrogens with one attached hydrogen (secondary N) is 1. The van der Waals surface area contributed by atoms with Crippen molar-refractivity contribution < 1.29 is 0 Å². The third-order valence-corrected chi connectivity index (χ3v) is 3.31. The molecule has 0 saturated heterocycles. The average molecular weight is 248 g/mol. The van der Waals surface area contributed by atoms with E-state index in [1.807, 2.05) is 6.92 Å². The molecule has 0 amide bonds. The molecule has 0 saturated carbocycles. The van der Waals surface area contributed by atoms with E-state index >= 15 is 0 Å². The quantitative estimate of drug-likeness (QED) is 0.786. The van der Waals surface area contributed by atoms with Crippen molar-refractivity contribution in [2.24, 2.45) is 5.73 Å². The van der Waals surface area contributed by atoms with Crippen molar-refractivity contribution in [3.63, 3.8) is 0 Å². The molecule has 2 heteroatoms. The first kappa shape index (κ1) is 15.2. The Morgan fingerprint density at radius 2 is 1.94 bits per heavy atom. The van der Waals surface area contributed by atoms with Gasteiger partial charge in [0.05, 0.1) is 0 Å². The highest BCUT2D eigenvalue weighted by Crippen LogP contribution is 2.24. The fourth-order valence-electron chi connectivity index (χ4n) is 1.88. The third-order valence-electron chi connectivity index (χ3n) is 3.31. The van der Waals surface area contributed by atoms with Crippen LogP contribution < -0.4 is 11.1 Å². The molecule has 1 rings (SSSR count). The van der Waals surface area contributed by atoms with Crippen LogP contribution in [0.3, 0.4) is 0 Å². The zero-order valence-electron chi connectivity index (χ0n) is 12.5. The molecule has 1 unspecified atom stereocenters. The highest BCUT2D eigenvalue weighted by atomic mass is 14.9. The predicted octanol–water partition coefficient (Wildman–Crippen LogP) is 3.12. The molecule has 1 atom stereocenters. The average Bonchev–Trinajstić information content (AvgIpc) is 2.24. The van der Waals surface area contributed by atoms with Gasteiger partial charge in [-0.2, -0.15) is 0 Å². The lowest BCUT2D eigenvalue weighted by Crippen LogP contribution is -2.24. The topological polar surface area (TPSA) is 38.0 Å². The molecule has 1 aromatic rings. The number of rotatable bonds is 5. The molecule has 3 N–H and O–H groups in total. The zero-order chi connectivity index (χ0) is 13.8. The van der Waals surface area contributed by atoms with Gasteiger partial charge in [-0.3, -0.25) is 0 Å². The summed E-state index contributed by atoms with van der Waals surface area (Å²) in [4.78, 5) is 0. The van der Waals surface area contributed by atoms with Crippen LogP contribution in [0.25, 0.3) is 0 Å². The first-order chi connectivity index (χ1) is 8.30. The van der Waals surface area contributed by atoms with Crippen LogP contribution in [0.5, 0.6) is 0 Å². The second-order valence-corrected chi connectivity index (χ2v) is 6.33. The van der Waals surface area contributed by atoms with Gasteiger partial charge in [0.1, 0.15) is 0 Å². The number of nitrogens with two attached hydrogens (primary N) is 1. The zero-order valence-corrected chi connectivity index (χ0v) is 12.5. The van der Waals surface area contributed by atoms with Crippen molar-refractivity contribution in [2.45, 2.75) is 59.0 Å². The van der Waals surface area contributed by atoms with Crippen molar-refractivity contribution in [1.29, 1.82) is 0 Å². The Balaban J connectivity index is 2.64. The van der Waals surface area contributed by atoms with Gasteiger partial charge in [-0.25, -0.2) is 0 Å². The maximum Gasteiger partial charge on any atom is 0.0208 e. The molecular formula is C16H28N2. The second-order valence-electron chi connectivity index (χ2n) is 6.33. The van der Waals surface area contributed by atoms with Crippen LogP contribution in [0.15, 0.2) is 18.2 Å². The maximum atomic E-state index is 5.74. The monoisotopic (exact) mass is 248 g/mol. The van der Waals surface area contributed by atoms with Gasteiger partial charge in [0.15, 0.2) is 0 Å². The Bertz CT molecular complexity index is 375. The van der Waals surface area contributed by atoms with Gasteiger partial charge in [-0.15, -0.1) is 0 Å². The van der Waals surface area contributed by atoms with Gasteiger partial charge in [0, 0.05) is 12.6 Å². The SMILES string of the molecule is Cc1ccc(C(C)(C)C)cc1CNCCC(C)N. The van der Waals surface area contributed by atoms with Crippen LogP contribution in [0.4, 0.5) is 0 Å². The summed E-state index contributed by atoms with van der Waals surface area (Å²) in [6, 6.07) is 7.07. The fraction of sp³-hybridized carbons (Fsp3) is 0.625. The summed E-state index contributed by atoms with van der Waals surface area (Å²) < 4.78 is 0. The van der Waals surface area contributed by atoms with Gasteiger partial charge in [-0.05, 0) is 48.9 Å². The van der Waals surface area contributed by atoms with Gasteiger partial charge < -0.3 is 11.1 Å². The van der Waals surface area contributed by atoms with Crippen molar-refractivity contribution in [3.05, 3.63) is 34.9 Å². The molecule has 0 aliphatic carbocycles. The first-order valence-corrected chi connectivity index (χ1v) is 6.87. The van der Waals surface area contributed by atoms with Crippen LogP contribution in [0.1, 0.15) is 50.8 Å². The minimum absolute atomic E-state index is 0.216. The van der Waals surface area contributed by atoms with Crippen LogP contribution in [-0.4, -0.2) is 12.6 Å². The van der Waals surface area contributed by atoms with Crippen molar-refractivity contribution in [2.75, 3.05) is 6.54 Å². The van der Waals surface area contributed by atoms with E-state index in [1.165, 1.54) is 16.7 Å². The molecule has 0 aliphatic heterocycles. The standard InChI is InChI=1S/C16H28N2/c1-12-6-7-15(16(3,4)5)10-14(12)11-18-9-8-13(2)17/h6-7,10,13,18H,8-9,11,17H2,1-5H3. The van der Waals surface area contributed by atoms with Crippen molar-refractivity contribution in [1.82, 2.24) is 5.32 Å². The Hall–Kier alpha value is -0.860. The molecule has 0 aromatic heterocycles. The van der Waals surface area contributed by atoms with Crippen molar-refractivity contribution in [3.8, 4) is 0 Å². The highest BCUT2D eigenvalue weighted by molar-refractivity contribution is 5.34. The highest BCUT2D eigenvalue weighted by Gasteiger charge is 2.14. The lowest BCUT2D eigenvalue weighted by molar-refractivity contribution is 0.578. The Morgan fingerprint density at radius 1 is 1.28 bits per heavy atom. The number of aryl methyl sites for hydroxylation is 1. The lowest BCUT2D eigenvalue weighted by Gasteiger charge is -2.21. The molecule has 0 radical (unpaired) electrons. The normalized spacial score (nSPS) is 13.7. The molecule has 18 heavy (non-hydrogen) atoms. The van der Waals surface area contributed by atoms with Gasteiger partial charge >= 0.3 is 0 Å². The van der Waals surface area contributed by atoms with Gasteiger partial charge in [0.2, 0.25) is 0 Å². The number of benzene rings is 1. The fourth-order valence-corrected chi connectivity index (χ4v) is 1.88. The summed E-state index contributed by atoms with van der Waals surface area (Å²) in [6.07, 6.45) is 1.03. The van der Waals surface area contributed by atoms with E-state index in [0.29, 0.717) is 0 Å². The molecule has 0 heterocycles. The van der Waals surface area contributed by atoms with E-state index in [-0.39, 0.29) is 11.5 Å². The molecule has 2 nitrogen and oxygen atoms in total. The molecule has 102 valence electrons. The van der Waals surface area contributed by atoms with E-state index in [0.717, 1.165) is 19.5 Å². The summed E-state index contributed by atoms with van der Waals surface area (Å²) in [5.74, 6) is 0. The summed E-state index contributed by atoms with van der Waals surface area (Å²) in [5.41, 5.74) is 10.1. The summed E-state index contributed by atoms with van der Waals surface area (Å²) in [5, 5.41) is 3.47. The lowest BCUT2D eigenvalue weighted by atomic mass is 9.85. The predicted molar refractivity (Wildman–Crippen MR) is 79.9 cm³/mol. The van der Waals surface area contributed by atoms with Crippen LogP contribution >= 0.6 is 0 Å². The maximum absolute atomic E-state index is 5.74. The molecular weight excluding hydrogens is 220 g/mol. The molecule has 0 spiro atoms. The summed E-state index contributed by atoms with van der Waals surface area (Å²) in [7, 11) is 0. The minimum Gasteiger partial charge on any atom is -0.328 e. The second kappa shape index (κ2) is 6.35. The molecule has 0 bridgehead atoms. The van der Waals surface area contributed by atoms with E-state index < -0.39 is 0 Å². The van der Waals surface area contributed by atoms with Gasteiger partial charge in [0.25, 0.3) is 0 Å². The summed E-state index contributed by atoms with van der Waals surface area (Å²) in [6.45, 7) is 12.9. The van der Waals surface area contributed by atoms with Gasteiger partial charge in [-0.1, -0.05) is 39.0 Å². The number of hydrogen-bond acceptors (Lipinski definition) is 2. The molecule has 1 aromatic carbocycles.